The fourth-order valence-corrected chi connectivity index (χ4v) is 2.89. The van der Waals surface area contributed by atoms with Gasteiger partial charge in [0.05, 0.1) is 5.60 Å². The largest absolute Gasteiger partial charge is 0.390 e. The van der Waals surface area contributed by atoms with Crippen LogP contribution in [0.15, 0.2) is 0 Å². The minimum atomic E-state index is -0.564. The van der Waals surface area contributed by atoms with Gasteiger partial charge in [0.25, 0.3) is 0 Å². The van der Waals surface area contributed by atoms with Gasteiger partial charge >= 0.3 is 0 Å². The number of likely N-dealkylation sites (tertiary alicyclic amines) is 1. The molecule has 2 aliphatic rings. The Bertz CT molecular complexity index is 276. The molecule has 0 aliphatic carbocycles. The van der Waals surface area contributed by atoms with Crippen LogP contribution in [0.4, 0.5) is 0 Å². The summed E-state index contributed by atoms with van der Waals surface area (Å²) in [7, 11) is 0. The molecule has 2 heterocycles. The number of carbonyl (C=O) groups excluding carboxylic acids is 1. The van der Waals surface area contributed by atoms with Crippen molar-refractivity contribution in [2.24, 2.45) is 5.92 Å². The van der Waals surface area contributed by atoms with E-state index >= 15 is 0 Å². The zero-order chi connectivity index (χ0) is 13.0. The molecular weight excluding hydrogens is 228 g/mol. The normalized spacial score (nSPS) is 25.1. The standard InChI is InChI=1S/C14H26N2O2/c1-14(18)6-10-16(11-7-14)13(17)3-2-12-4-8-15-9-5-12/h12,15,18H,2-11H2,1H3. The SMILES string of the molecule is CC1(O)CCN(C(=O)CCC2CCNCC2)CC1. The maximum Gasteiger partial charge on any atom is 0.222 e. The molecule has 0 unspecified atom stereocenters. The predicted octanol–water partition coefficient (Wildman–Crippen LogP) is 1.14. The third kappa shape index (κ3) is 3.95. The van der Waals surface area contributed by atoms with Gasteiger partial charge in [-0.2, -0.15) is 0 Å². The smallest absolute Gasteiger partial charge is 0.222 e. The maximum atomic E-state index is 12.1. The first-order valence-corrected chi connectivity index (χ1v) is 7.28. The van der Waals surface area contributed by atoms with E-state index < -0.39 is 5.60 Å². The Hall–Kier alpha value is -0.610. The van der Waals surface area contributed by atoms with Crippen molar-refractivity contribution in [1.82, 2.24) is 10.2 Å². The zero-order valence-electron chi connectivity index (χ0n) is 11.5. The lowest BCUT2D eigenvalue weighted by molar-refractivity contribution is -0.135. The molecule has 0 spiro atoms. The number of rotatable bonds is 3. The Balaban J connectivity index is 1.68. The monoisotopic (exact) mass is 254 g/mol. The van der Waals surface area contributed by atoms with Gasteiger partial charge in [0.1, 0.15) is 0 Å². The molecule has 2 saturated heterocycles. The molecule has 2 rings (SSSR count). The van der Waals surface area contributed by atoms with Crippen LogP contribution >= 0.6 is 0 Å². The topological polar surface area (TPSA) is 52.6 Å². The molecule has 2 fully saturated rings. The van der Waals surface area contributed by atoms with Crippen LogP contribution in [0, 0.1) is 5.92 Å². The molecule has 4 nitrogen and oxygen atoms in total. The van der Waals surface area contributed by atoms with E-state index in [1.54, 1.807) is 0 Å². The summed E-state index contributed by atoms with van der Waals surface area (Å²) < 4.78 is 0. The highest BCUT2D eigenvalue weighted by molar-refractivity contribution is 5.76. The molecular formula is C14H26N2O2. The van der Waals surface area contributed by atoms with Crippen molar-refractivity contribution in [3.05, 3.63) is 0 Å². The number of nitrogens with zero attached hydrogens (tertiary/aromatic N) is 1. The van der Waals surface area contributed by atoms with Gasteiger partial charge in [-0.1, -0.05) is 0 Å². The van der Waals surface area contributed by atoms with Crippen LogP contribution in [0.5, 0.6) is 0 Å². The second-order valence-corrected chi connectivity index (χ2v) is 6.11. The average molecular weight is 254 g/mol. The average Bonchev–Trinajstić information content (AvgIpc) is 2.37. The van der Waals surface area contributed by atoms with E-state index in [4.69, 9.17) is 0 Å². The summed E-state index contributed by atoms with van der Waals surface area (Å²) in [6, 6.07) is 0. The van der Waals surface area contributed by atoms with Crippen LogP contribution in [0.25, 0.3) is 0 Å². The number of hydrogen-bond donors (Lipinski definition) is 2. The van der Waals surface area contributed by atoms with Gasteiger partial charge in [-0.3, -0.25) is 4.79 Å². The molecule has 0 aromatic heterocycles. The molecule has 0 atom stereocenters. The van der Waals surface area contributed by atoms with Crippen LogP contribution in [0.3, 0.4) is 0 Å². The summed E-state index contributed by atoms with van der Waals surface area (Å²) in [4.78, 5) is 14.0. The first-order chi connectivity index (χ1) is 8.57. The Morgan fingerprint density at radius 3 is 2.56 bits per heavy atom. The Morgan fingerprint density at radius 1 is 1.33 bits per heavy atom. The van der Waals surface area contributed by atoms with Gasteiger partial charge in [-0.25, -0.2) is 0 Å². The van der Waals surface area contributed by atoms with Crippen molar-refractivity contribution in [3.63, 3.8) is 0 Å². The number of aliphatic hydroxyl groups is 1. The summed E-state index contributed by atoms with van der Waals surface area (Å²) in [5.74, 6) is 1.01. The van der Waals surface area contributed by atoms with Crippen LogP contribution in [0.1, 0.15) is 45.4 Å². The van der Waals surface area contributed by atoms with Crippen molar-refractivity contribution in [2.45, 2.75) is 51.0 Å². The highest BCUT2D eigenvalue weighted by Crippen LogP contribution is 2.23. The number of nitrogens with one attached hydrogen (secondary N) is 1. The summed E-state index contributed by atoms with van der Waals surface area (Å²) >= 11 is 0. The Kier molecular flexibility index (Phi) is 4.62. The molecule has 0 saturated carbocycles. The molecule has 0 aromatic carbocycles. The van der Waals surface area contributed by atoms with E-state index in [0.717, 1.165) is 38.5 Å². The molecule has 0 aromatic rings. The molecule has 104 valence electrons. The number of carbonyl (C=O) groups is 1. The highest BCUT2D eigenvalue weighted by Gasteiger charge is 2.29. The molecule has 4 heteroatoms. The minimum Gasteiger partial charge on any atom is -0.390 e. The molecule has 2 aliphatic heterocycles. The highest BCUT2D eigenvalue weighted by atomic mass is 16.3. The van der Waals surface area contributed by atoms with Gasteiger partial charge < -0.3 is 15.3 Å². The summed E-state index contributed by atoms with van der Waals surface area (Å²) in [5.41, 5.74) is -0.564. The van der Waals surface area contributed by atoms with Gasteiger partial charge in [-0.15, -0.1) is 0 Å². The van der Waals surface area contributed by atoms with Crippen LogP contribution in [0.2, 0.25) is 0 Å². The van der Waals surface area contributed by atoms with Crippen molar-refractivity contribution >= 4 is 5.91 Å². The third-order valence-corrected chi connectivity index (χ3v) is 4.42. The van der Waals surface area contributed by atoms with Crippen LogP contribution in [-0.2, 0) is 4.79 Å². The van der Waals surface area contributed by atoms with Crippen molar-refractivity contribution < 1.29 is 9.90 Å². The second kappa shape index (κ2) is 6.02. The zero-order valence-corrected chi connectivity index (χ0v) is 11.5. The number of hydrogen-bond acceptors (Lipinski definition) is 3. The molecule has 0 bridgehead atoms. The quantitative estimate of drug-likeness (QED) is 0.794. The van der Waals surface area contributed by atoms with Crippen molar-refractivity contribution in [1.29, 1.82) is 0 Å². The maximum absolute atomic E-state index is 12.1. The fourth-order valence-electron chi connectivity index (χ4n) is 2.89. The minimum absolute atomic E-state index is 0.282. The lowest BCUT2D eigenvalue weighted by Crippen LogP contribution is -2.45. The van der Waals surface area contributed by atoms with E-state index in [2.05, 4.69) is 5.32 Å². The van der Waals surface area contributed by atoms with Crippen LogP contribution < -0.4 is 5.32 Å². The summed E-state index contributed by atoms with van der Waals surface area (Å²) in [5, 5.41) is 13.2. The summed E-state index contributed by atoms with van der Waals surface area (Å²) in [6.07, 6.45) is 5.57. The molecule has 1 amide bonds. The predicted molar refractivity (Wildman–Crippen MR) is 71.3 cm³/mol. The number of amides is 1. The third-order valence-electron chi connectivity index (χ3n) is 4.42. The van der Waals surface area contributed by atoms with Crippen molar-refractivity contribution in [2.75, 3.05) is 26.2 Å². The second-order valence-electron chi connectivity index (χ2n) is 6.11. The number of piperidine rings is 2. The van der Waals surface area contributed by atoms with Gasteiger partial charge in [0.2, 0.25) is 5.91 Å². The van der Waals surface area contributed by atoms with E-state index in [-0.39, 0.29) is 5.91 Å². The van der Waals surface area contributed by atoms with E-state index in [0.29, 0.717) is 19.3 Å². The van der Waals surface area contributed by atoms with Gasteiger partial charge in [0.15, 0.2) is 0 Å². The first-order valence-electron chi connectivity index (χ1n) is 7.28. The lowest BCUT2D eigenvalue weighted by atomic mass is 9.91. The molecule has 18 heavy (non-hydrogen) atoms. The van der Waals surface area contributed by atoms with Gasteiger partial charge in [-0.05, 0) is 58.0 Å². The van der Waals surface area contributed by atoms with Gasteiger partial charge in [0, 0.05) is 19.5 Å². The summed E-state index contributed by atoms with van der Waals surface area (Å²) in [6.45, 7) is 5.51. The molecule has 0 radical (unpaired) electrons. The van der Waals surface area contributed by atoms with E-state index in [9.17, 15) is 9.90 Å². The lowest BCUT2D eigenvalue weighted by Gasteiger charge is -2.36. The fraction of sp³-hybridized carbons (Fsp3) is 0.929. The van der Waals surface area contributed by atoms with Crippen LogP contribution in [-0.4, -0.2) is 47.7 Å². The molecule has 2 N–H and O–H groups in total. The Morgan fingerprint density at radius 2 is 1.94 bits per heavy atom. The van der Waals surface area contributed by atoms with E-state index in [1.807, 2.05) is 11.8 Å². The van der Waals surface area contributed by atoms with E-state index in [1.165, 1.54) is 12.8 Å². The Labute approximate surface area is 110 Å². The van der Waals surface area contributed by atoms with Crippen molar-refractivity contribution in [3.8, 4) is 0 Å². The first kappa shape index (κ1) is 13.8.